The molecule has 3 rings (SSSR count). The molecular weight excluding hydrogens is 282 g/mol. The Kier molecular flexibility index (Phi) is 4.62. The second-order valence-corrected chi connectivity index (χ2v) is 7.30. The molecular formula is C16H25N3OS. The number of carbonyl (C=O) groups excluding carboxylic acids is 1. The van der Waals surface area contributed by atoms with Gasteiger partial charge in [-0.3, -0.25) is 9.69 Å². The van der Waals surface area contributed by atoms with Gasteiger partial charge in [0.1, 0.15) is 0 Å². The van der Waals surface area contributed by atoms with Gasteiger partial charge in [-0.1, -0.05) is 6.07 Å². The first-order valence-corrected chi connectivity index (χ1v) is 8.82. The van der Waals surface area contributed by atoms with Gasteiger partial charge in [0.2, 0.25) is 5.91 Å². The fourth-order valence-electron chi connectivity index (χ4n) is 3.48. The Balaban J connectivity index is 1.61. The summed E-state index contributed by atoms with van der Waals surface area (Å²) >= 11 is 1.76. The van der Waals surface area contributed by atoms with E-state index in [-0.39, 0.29) is 5.91 Å². The van der Waals surface area contributed by atoms with E-state index in [1.165, 1.54) is 17.7 Å². The maximum Gasteiger partial charge on any atom is 0.237 e. The molecule has 4 nitrogen and oxygen atoms in total. The summed E-state index contributed by atoms with van der Waals surface area (Å²) in [5.41, 5.74) is 5.88. The van der Waals surface area contributed by atoms with E-state index < -0.39 is 0 Å². The zero-order valence-corrected chi connectivity index (χ0v) is 13.5. The predicted molar refractivity (Wildman–Crippen MR) is 86.2 cm³/mol. The number of hydrogen-bond acceptors (Lipinski definition) is 4. The van der Waals surface area contributed by atoms with Crippen LogP contribution in [-0.2, 0) is 4.79 Å². The summed E-state index contributed by atoms with van der Waals surface area (Å²) in [5, 5.41) is 2.10. The average molecular weight is 307 g/mol. The van der Waals surface area contributed by atoms with Crippen LogP contribution in [0.15, 0.2) is 17.5 Å². The SMILES string of the molecule is CN(CC(=O)N1CCCC1c1cccs1)C(CN)C1CC1. The normalized spacial score (nSPS) is 23.8. The maximum absolute atomic E-state index is 12.7. The van der Waals surface area contributed by atoms with Gasteiger partial charge in [-0.25, -0.2) is 0 Å². The Morgan fingerprint density at radius 3 is 2.95 bits per heavy atom. The first kappa shape index (κ1) is 15.0. The largest absolute Gasteiger partial charge is 0.334 e. The molecule has 2 aliphatic rings. The van der Waals surface area contributed by atoms with Gasteiger partial charge in [0, 0.05) is 24.0 Å². The highest BCUT2D eigenvalue weighted by Gasteiger charge is 2.35. The van der Waals surface area contributed by atoms with Crippen molar-refractivity contribution in [2.75, 3.05) is 26.7 Å². The predicted octanol–water partition coefficient (Wildman–Crippen LogP) is 2.08. The lowest BCUT2D eigenvalue weighted by Crippen LogP contribution is -2.46. The Labute approximate surface area is 130 Å². The van der Waals surface area contributed by atoms with Crippen molar-refractivity contribution >= 4 is 17.2 Å². The highest BCUT2D eigenvalue weighted by Crippen LogP contribution is 2.36. The number of hydrogen-bond donors (Lipinski definition) is 1. The van der Waals surface area contributed by atoms with Crippen LogP contribution in [-0.4, -0.2) is 48.4 Å². The van der Waals surface area contributed by atoms with Crippen LogP contribution in [0, 0.1) is 5.92 Å². The van der Waals surface area contributed by atoms with Crippen molar-refractivity contribution in [1.29, 1.82) is 0 Å². The lowest BCUT2D eigenvalue weighted by Gasteiger charge is -2.30. The molecule has 0 radical (unpaired) electrons. The molecule has 2 heterocycles. The number of nitrogens with zero attached hydrogens (tertiary/aromatic N) is 2. The molecule has 1 saturated heterocycles. The van der Waals surface area contributed by atoms with Crippen molar-refractivity contribution in [3.63, 3.8) is 0 Å². The Bertz CT molecular complexity index is 472. The minimum absolute atomic E-state index is 0.257. The highest BCUT2D eigenvalue weighted by atomic mass is 32.1. The molecule has 21 heavy (non-hydrogen) atoms. The molecule has 1 aromatic rings. The smallest absolute Gasteiger partial charge is 0.237 e. The van der Waals surface area contributed by atoms with Crippen LogP contribution in [0.5, 0.6) is 0 Å². The van der Waals surface area contributed by atoms with Crippen molar-refractivity contribution in [2.24, 2.45) is 11.7 Å². The van der Waals surface area contributed by atoms with E-state index in [0.717, 1.165) is 19.4 Å². The maximum atomic E-state index is 12.7. The highest BCUT2D eigenvalue weighted by molar-refractivity contribution is 7.10. The second kappa shape index (κ2) is 6.46. The molecule has 1 saturated carbocycles. The van der Waals surface area contributed by atoms with E-state index in [1.54, 1.807) is 11.3 Å². The third-order valence-corrected chi connectivity index (χ3v) is 5.78. The van der Waals surface area contributed by atoms with Crippen molar-refractivity contribution in [3.8, 4) is 0 Å². The van der Waals surface area contributed by atoms with Gasteiger partial charge in [-0.2, -0.15) is 0 Å². The lowest BCUT2D eigenvalue weighted by atomic mass is 10.1. The third kappa shape index (κ3) is 3.30. The van der Waals surface area contributed by atoms with Crippen molar-refractivity contribution in [3.05, 3.63) is 22.4 Å². The second-order valence-electron chi connectivity index (χ2n) is 6.32. The number of rotatable bonds is 6. The third-order valence-electron chi connectivity index (χ3n) is 4.80. The summed E-state index contributed by atoms with van der Waals surface area (Å²) in [5.74, 6) is 0.965. The molecule has 1 aliphatic carbocycles. The minimum atomic E-state index is 0.257. The van der Waals surface area contributed by atoms with Gasteiger partial charge in [0.25, 0.3) is 0 Å². The summed E-state index contributed by atoms with van der Waals surface area (Å²) < 4.78 is 0. The zero-order valence-electron chi connectivity index (χ0n) is 12.7. The molecule has 2 unspecified atom stereocenters. The first-order valence-electron chi connectivity index (χ1n) is 7.94. The summed E-state index contributed by atoms with van der Waals surface area (Å²) in [6, 6.07) is 4.89. The van der Waals surface area contributed by atoms with E-state index in [9.17, 15) is 4.79 Å². The van der Waals surface area contributed by atoms with Crippen molar-refractivity contribution in [2.45, 2.75) is 37.8 Å². The molecule has 2 fully saturated rings. The summed E-state index contributed by atoms with van der Waals surface area (Å²) in [4.78, 5) is 18.2. The fraction of sp³-hybridized carbons (Fsp3) is 0.688. The lowest BCUT2D eigenvalue weighted by molar-refractivity contribution is -0.133. The standard InChI is InChI=1S/C16H25N3OS/c1-18(14(10-17)12-6-7-12)11-16(20)19-8-2-4-13(19)15-5-3-9-21-15/h3,5,9,12-14H,2,4,6-8,10-11,17H2,1H3. The van der Waals surface area contributed by atoms with E-state index in [0.29, 0.717) is 31.1 Å². The number of likely N-dealkylation sites (N-methyl/N-ethyl adjacent to an activating group) is 1. The summed E-state index contributed by atoms with van der Waals surface area (Å²) in [6.45, 7) is 2.05. The van der Waals surface area contributed by atoms with E-state index in [1.807, 2.05) is 7.05 Å². The molecule has 0 aromatic carbocycles. The Hall–Kier alpha value is -0.910. The van der Waals surface area contributed by atoms with Gasteiger partial charge in [-0.15, -0.1) is 11.3 Å². The van der Waals surface area contributed by atoms with Crippen LogP contribution >= 0.6 is 11.3 Å². The van der Waals surface area contributed by atoms with Crippen LogP contribution in [0.2, 0.25) is 0 Å². The molecule has 2 atom stereocenters. The number of thiophene rings is 1. The van der Waals surface area contributed by atoms with Gasteiger partial charge in [0.05, 0.1) is 12.6 Å². The molecule has 5 heteroatoms. The first-order chi connectivity index (χ1) is 10.2. The van der Waals surface area contributed by atoms with E-state index in [2.05, 4.69) is 27.3 Å². The van der Waals surface area contributed by atoms with Crippen LogP contribution in [0.25, 0.3) is 0 Å². The zero-order chi connectivity index (χ0) is 14.8. The van der Waals surface area contributed by atoms with Crippen LogP contribution in [0.1, 0.15) is 36.6 Å². The molecule has 1 amide bonds. The van der Waals surface area contributed by atoms with Crippen LogP contribution in [0.4, 0.5) is 0 Å². The van der Waals surface area contributed by atoms with E-state index >= 15 is 0 Å². The number of amides is 1. The van der Waals surface area contributed by atoms with Gasteiger partial charge in [-0.05, 0) is 50.1 Å². The van der Waals surface area contributed by atoms with Crippen molar-refractivity contribution < 1.29 is 4.79 Å². The summed E-state index contributed by atoms with van der Waals surface area (Å²) in [7, 11) is 2.05. The Morgan fingerprint density at radius 2 is 2.33 bits per heavy atom. The van der Waals surface area contributed by atoms with Gasteiger partial charge >= 0.3 is 0 Å². The van der Waals surface area contributed by atoms with Crippen LogP contribution in [0.3, 0.4) is 0 Å². The quantitative estimate of drug-likeness (QED) is 0.875. The molecule has 2 N–H and O–H groups in total. The van der Waals surface area contributed by atoms with Crippen LogP contribution < -0.4 is 5.73 Å². The van der Waals surface area contributed by atoms with Gasteiger partial charge in [0.15, 0.2) is 0 Å². The summed E-state index contributed by atoms with van der Waals surface area (Å²) in [6.07, 6.45) is 4.74. The van der Waals surface area contributed by atoms with Gasteiger partial charge < -0.3 is 10.6 Å². The van der Waals surface area contributed by atoms with E-state index in [4.69, 9.17) is 5.73 Å². The number of likely N-dealkylation sites (tertiary alicyclic amines) is 1. The molecule has 1 aliphatic heterocycles. The average Bonchev–Trinajstić information content (AvgIpc) is 2.97. The molecule has 116 valence electrons. The Morgan fingerprint density at radius 1 is 1.52 bits per heavy atom. The topological polar surface area (TPSA) is 49.6 Å². The fourth-order valence-corrected chi connectivity index (χ4v) is 4.35. The molecule has 0 spiro atoms. The number of nitrogens with two attached hydrogens (primary N) is 1. The van der Waals surface area contributed by atoms with Crippen molar-refractivity contribution in [1.82, 2.24) is 9.80 Å². The number of carbonyl (C=O) groups is 1. The molecule has 0 bridgehead atoms. The monoisotopic (exact) mass is 307 g/mol. The minimum Gasteiger partial charge on any atom is -0.334 e. The molecule has 1 aromatic heterocycles.